The summed E-state index contributed by atoms with van der Waals surface area (Å²) in [6.45, 7) is 0. The van der Waals surface area contributed by atoms with Crippen LogP contribution in [0.2, 0.25) is 0 Å². The Morgan fingerprint density at radius 2 is 1.61 bits per heavy atom. The maximum Gasteiger partial charge on any atom is 0.261 e. The molecule has 0 bridgehead atoms. The molecule has 0 aliphatic rings. The molecule has 4 aromatic rings. The maximum absolute atomic E-state index is 13.0. The van der Waals surface area contributed by atoms with E-state index in [1.54, 1.807) is 25.5 Å². The summed E-state index contributed by atoms with van der Waals surface area (Å²) in [6.07, 6.45) is 1.71. The van der Waals surface area contributed by atoms with Crippen molar-refractivity contribution in [1.82, 2.24) is 0 Å². The lowest BCUT2D eigenvalue weighted by Crippen LogP contribution is -2.12. The lowest BCUT2D eigenvalue weighted by atomic mass is 10.0. The number of rotatable bonds is 6. The summed E-state index contributed by atoms with van der Waals surface area (Å²) >= 11 is 0. The molecule has 0 aliphatic heterocycles. The predicted octanol–water partition coefficient (Wildman–Crippen LogP) is 5.54. The molecule has 31 heavy (non-hydrogen) atoms. The van der Waals surface area contributed by atoms with Gasteiger partial charge in [0.05, 0.1) is 17.7 Å². The van der Waals surface area contributed by atoms with Gasteiger partial charge in [0.2, 0.25) is 0 Å². The Hall–Kier alpha value is -3.71. The van der Waals surface area contributed by atoms with E-state index in [1.807, 2.05) is 36.4 Å². The van der Waals surface area contributed by atoms with Gasteiger partial charge in [-0.1, -0.05) is 30.3 Å². The standard InChI is InChI=1S/C24H19FN2O3S/c1-30-24-15-6-17-4-2-3-5-22(17)23(24)16-26-19-11-13-21(14-12-19)31(28,29)27-20-9-7-18(25)8-10-20/h2-16,27H,1H3. The molecule has 7 heteroatoms. The number of nitrogens with one attached hydrogen (secondary N) is 1. The van der Waals surface area contributed by atoms with E-state index >= 15 is 0 Å². The van der Waals surface area contributed by atoms with Crippen LogP contribution in [0.25, 0.3) is 10.8 Å². The van der Waals surface area contributed by atoms with E-state index < -0.39 is 15.8 Å². The van der Waals surface area contributed by atoms with Crippen LogP contribution in [0.5, 0.6) is 5.75 Å². The fraction of sp³-hybridized carbons (Fsp3) is 0.0417. The number of halogens is 1. The minimum absolute atomic E-state index is 0.0820. The van der Waals surface area contributed by atoms with Crippen LogP contribution in [0, 0.1) is 5.82 Å². The minimum Gasteiger partial charge on any atom is -0.496 e. The normalized spacial score (nSPS) is 11.7. The van der Waals surface area contributed by atoms with E-state index in [0.717, 1.165) is 16.3 Å². The summed E-state index contributed by atoms with van der Waals surface area (Å²) in [5.74, 6) is 0.262. The van der Waals surface area contributed by atoms with Crippen molar-refractivity contribution in [2.75, 3.05) is 11.8 Å². The Balaban J connectivity index is 1.58. The molecule has 156 valence electrons. The van der Waals surface area contributed by atoms with Crippen molar-refractivity contribution in [2.45, 2.75) is 4.90 Å². The van der Waals surface area contributed by atoms with Crippen molar-refractivity contribution in [1.29, 1.82) is 0 Å². The van der Waals surface area contributed by atoms with E-state index in [0.29, 0.717) is 11.4 Å². The van der Waals surface area contributed by atoms with Gasteiger partial charge >= 0.3 is 0 Å². The van der Waals surface area contributed by atoms with Gasteiger partial charge in [0.15, 0.2) is 0 Å². The van der Waals surface area contributed by atoms with E-state index in [1.165, 1.54) is 36.4 Å². The van der Waals surface area contributed by atoms with Gasteiger partial charge in [-0.2, -0.15) is 0 Å². The Morgan fingerprint density at radius 3 is 2.32 bits per heavy atom. The summed E-state index contributed by atoms with van der Waals surface area (Å²) in [4.78, 5) is 4.57. The smallest absolute Gasteiger partial charge is 0.261 e. The molecule has 5 nitrogen and oxygen atoms in total. The second-order valence-corrected chi connectivity index (χ2v) is 8.45. The first-order valence-corrected chi connectivity index (χ1v) is 10.9. The summed E-state index contributed by atoms with van der Waals surface area (Å²) in [6, 6.07) is 23.1. The molecule has 0 amide bonds. The molecule has 0 spiro atoms. The van der Waals surface area contributed by atoms with Crippen LogP contribution in [0.15, 0.2) is 94.8 Å². The average Bonchev–Trinajstić information content (AvgIpc) is 2.79. The van der Waals surface area contributed by atoms with Crippen molar-refractivity contribution in [2.24, 2.45) is 4.99 Å². The van der Waals surface area contributed by atoms with Crippen LogP contribution in [0.1, 0.15) is 5.56 Å². The molecule has 0 saturated heterocycles. The number of methoxy groups -OCH3 is 1. The number of nitrogens with zero attached hydrogens (tertiary/aromatic N) is 1. The first kappa shape index (κ1) is 20.6. The number of benzene rings is 4. The highest BCUT2D eigenvalue weighted by molar-refractivity contribution is 7.92. The largest absolute Gasteiger partial charge is 0.496 e. The van der Waals surface area contributed by atoms with Crippen LogP contribution < -0.4 is 9.46 Å². The number of sulfonamides is 1. The Labute approximate surface area is 179 Å². The summed E-state index contributed by atoms with van der Waals surface area (Å²) in [5.41, 5.74) is 1.72. The highest BCUT2D eigenvalue weighted by Crippen LogP contribution is 2.27. The average molecular weight is 434 g/mol. The topological polar surface area (TPSA) is 67.8 Å². The minimum atomic E-state index is -3.79. The van der Waals surface area contributed by atoms with Gasteiger partial charge in [-0.3, -0.25) is 9.71 Å². The van der Waals surface area contributed by atoms with Crippen LogP contribution in [-0.4, -0.2) is 21.7 Å². The van der Waals surface area contributed by atoms with Gasteiger partial charge in [-0.15, -0.1) is 0 Å². The fourth-order valence-corrected chi connectivity index (χ4v) is 4.23. The second kappa shape index (κ2) is 8.57. The van der Waals surface area contributed by atoms with Crippen LogP contribution >= 0.6 is 0 Å². The quantitative estimate of drug-likeness (QED) is 0.405. The van der Waals surface area contributed by atoms with Crippen molar-refractivity contribution < 1.29 is 17.5 Å². The molecule has 0 aliphatic carbocycles. The van der Waals surface area contributed by atoms with Gasteiger partial charge in [0.1, 0.15) is 11.6 Å². The zero-order valence-electron chi connectivity index (χ0n) is 16.6. The van der Waals surface area contributed by atoms with Crippen molar-refractivity contribution in [3.8, 4) is 5.75 Å². The maximum atomic E-state index is 13.0. The van der Waals surface area contributed by atoms with Gasteiger partial charge in [0.25, 0.3) is 10.0 Å². The van der Waals surface area contributed by atoms with Crippen LogP contribution in [0.4, 0.5) is 15.8 Å². The molecular formula is C24H19FN2O3S. The van der Waals surface area contributed by atoms with Gasteiger partial charge in [0, 0.05) is 17.5 Å². The molecule has 4 aromatic carbocycles. The monoisotopic (exact) mass is 434 g/mol. The van der Waals surface area contributed by atoms with E-state index in [2.05, 4.69) is 9.71 Å². The Morgan fingerprint density at radius 1 is 0.903 bits per heavy atom. The van der Waals surface area contributed by atoms with Gasteiger partial charge in [-0.05, 0) is 65.4 Å². The van der Waals surface area contributed by atoms with Crippen molar-refractivity contribution in [3.63, 3.8) is 0 Å². The lowest BCUT2D eigenvalue weighted by Gasteiger charge is -2.09. The Kier molecular flexibility index (Phi) is 5.68. The number of hydrogen-bond donors (Lipinski definition) is 1. The Bertz CT molecular complexity index is 1350. The lowest BCUT2D eigenvalue weighted by molar-refractivity contribution is 0.415. The third-order valence-corrected chi connectivity index (χ3v) is 6.13. The molecule has 0 saturated carbocycles. The number of aliphatic imine (C=N–C) groups is 1. The van der Waals surface area contributed by atoms with Crippen LogP contribution in [0.3, 0.4) is 0 Å². The number of anilines is 1. The number of fused-ring (bicyclic) bond motifs is 1. The molecule has 0 fully saturated rings. The highest BCUT2D eigenvalue weighted by atomic mass is 32.2. The molecule has 4 rings (SSSR count). The molecule has 1 N–H and O–H groups in total. The first-order valence-electron chi connectivity index (χ1n) is 9.44. The number of ether oxygens (including phenoxy) is 1. The molecule has 0 unspecified atom stereocenters. The summed E-state index contributed by atoms with van der Waals surface area (Å²) in [5, 5.41) is 2.08. The molecule has 0 radical (unpaired) electrons. The second-order valence-electron chi connectivity index (χ2n) is 6.77. The van der Waals surface area contributed by atoms with E-state index in [-0.39, 0.29) is 10.6 Å². The summed E-state index contributed by atoms with van der Waals surface area (Å²) < 4.78 is 46.0. The highest BCUT2D eigenvalue weighted by Gasteiger charge is 2.14. The third kappa shape index (κ3) is 4.57. The number of hydrogen-bond acceptors (Lipinski definition) is 4. The molecule has 0 heterocycles. The van der Waals surface area contributed by atoms with Crippen molar-refractivity contribution >= 4 is 38.4 Å². The SMILES string of the molecule is COc1ccc2ccccc2c1C=Nc1ccc(S(=O)(=O)Nc2ccc(F)cc2)cc1. The van der Waals surface area contributed by atoms with E-state index in [9.17, 15) is 12.8 Å². The van der Waals surface area contributed by atoms with Crippen molar-refractivity contribution in [3.05, 3.63) is 96.3 Å². The fourth-order valence-electron chi connectivity index (χ4n) is 3.17. The zero-order valence-corrected chi connectivity index (χ0v) is 17.4. The first-order chi connectivity index (χ1) is 15.0. The van der Waals surface area contributed by atoms with Crippen LogP contribution in [-0.2, 0) is 10.0 Å². The predicted molar refractivity (Wildman–Crippen MR) is 121 cm³/mol. The van der Waals surface area contributed by atoms with Gasteiger partial charge < -0.3 is 4.74 Å². The molecule has 0 aromatic heterocycles. The van der Waals surface area contributed by atoms with Gasteiger partial charge in [-0.25, -0.2) is 12.8 Å². The zero-order chi connectivity index (χ0) is 21.8. The van der Waals surface area contributed by atoms with E-state index in [4.69, 9.17) is 4.74 Å². The third-order valence-electron chi connectivity index (χ3n) is 4.74. The molecule has 0 atom stereocenters. The molecular weight excluding hydrogens is 415 g/mol. The summed E-state index contributed by atoms with van der Waals surface area (Å²) in [7, 11) is -2.19.